The summed E-state index contributed by atoms with van der Waals surface area (Å²) in [6.07, 6.45) is 3.67. The molecule has 0 radical (unpaired) electrons. The van der Waals surface area contributed by atoms with Gasteiger partial charge in [0, 0.05) is 6.08 Å². The highest BCUT2D eigenvalue weighted by Gasteiger charge is 2.36. The average molecular weight is 353 g/mol. The molecule has 132 valence electrons. The van der Waals surface area contributed by atoms with Crippen LogP contribution in [0.5, 0.6) is 0 Å². The first kappa shape index (κ1) is 22.4. The first-order valence-electron chi connectivity index (χ1n) is 8.80. The van der Waals surface area contributed by atoms with Crippen molar-refractivity contribution in [2.45, 2.75) is 77.8 Å². The zero-order chi connectivity index (χ0) is 18.0. The minimum Gasteiger partial charge on any atom is -0.413 e. The molecule has 0 amide bonds. The third-order valence-electron chi connectivity index (χ3n) is 5.09. The summed E-state index contributed by atoms with van der Waals surface area (Å²) in [5.41, 5.74) is 3.08. The van der Waals surface area contributed by atoms with E-state index in [-0.39, 0.29) is 5.04 Å². The third-order valence-corrected chi connectivity index (χ3v) is 14.2. The fraction of sp³-hybridized carbons (Fsp3) is 0.737. The van der Waals surface area contributed by atoms with Gasteiger partial charge in [-0.25, -0.2) is 0 Å². The van der Waals surface area contributed by atoms with Crippen molar-refractivity contribution in [2.75, 3.05) is 13.2 Å². The molecule has 0 aliphatic carbocycles. The molecular formula is C19H36O2Si2. The van der Waals surface area contributed by atoms with Gasteiger partial charge >= 0.3 is 0 Å². The second kappa shape index (κ2) is 10.3. The van der Waals surface area contributed by atoms with E-state index in [0.29, 0.717) is 13.2 Å². The molecule has 2 nitrogen and oxygen atoms in total. The summed E-state index contributed by atoms with van der Waals surface area (Å²) in [5, 5.41) is 0.246. The van der Waals surface area contributed by atoms with Gasteiger partial charge in [-0.05, 0) is 42.3 Å². The van der Waals surface area contributed by atoms with Crippen LogP contribution in [-0.2, 0) is 8.85 Å². The van der Waals surface area contributed by atoms with E-state index in [4.69, 9.17) is 8.85 Å². The van der Waals surface area contributed by atoms with Crippen molar-refractivity contribution >= 4 is 16.6 Å². The van der Waals surface area contributed by atoms with Gasteiger partial charge in [-0.1, -0.05) is 53.4 Å². The van der Waals surface area contributed by atoms with Crippen LogP contribution in [-0.4, -0.2) is 29.8 Å². The SMILES string of the molecule is CC[Si](CC)(CC)OCC#CC=C=CCO[Si](C)(C)C(C)(C)C. The lowest BCUT2D eigenvalue weighted by Gasteiger charge is -2.35. The van der Waals surface area contributed by atoms with E-state index in [0.717, 1.165) is 0 Å². The van der Waals surface area contributed by atoms with E-state index in [1.165, 1.54) is 18.1 Å². The molecule has 0 aromatic heterocycles. The Kier molecular flexibility index (Phi) is 10.1. The van der Waals surface area contributed by atoms with Crippen molar-refractivity contribution in [2.24, 2.45) is 0 Å². The molecule has 0 saturated carbocycles. The molecule has 0 rings (SSSR count). The summed E-state index contributed by atoms with van der Waals surface area (Å²) in [6.45, 7) is 19.1. The Morgan fingerprint density at radius 2 is 1.52 bits per heavy atom. The average Bonchev–Trinajstić information content (AvgIpc) is 2.49. The standard InChI is InChI=1S/C19H36O2Si2/c1-9-23(10-2,11-3)21-18-16-14-12-13-15-17-20-22(7,8)19(4,5)6/h12,15H,9-11,17-18H2,1-8H3. The fourth-order valence-corrected chi connectivity index (χ4v) is 5.38. The van der Waals surface area contributed by atoms with E-state index in [9.17, 15) is 0 Å². The third kappa shape index (κ3) is 8.19. The van der Waals surface area contributed by atoms with Gasteiger partial charge < -0.3 is 8.85 Å². The Morgan fingerprint density at radius 1 is 0.957 bits per heavy atom. The van der Waals surface area contributed by atoms with E-state index in [1.807, 2.05) is 6.08 Å². The second-order valence-electron chi connectivity index (χ2n) is 7.44. The maximum atomic E-state index is 6.08. The predicted molar refractivity (Wildman–Crippen MR) is 107 cm³/mol. The lowest BCUT2D eigenvalue weighted by molar-refractivity contribution is 0.328. The van der Waals surface area contributed by atoms with Crippen LogP contribution < -0.4 is 0 Å². The minimum absolute atomic E-state index is 0.246. The van der Waals surface area contributed by atoms with E-state index in [1.54, 1.807) is 6.08 Å². The minimum atomic E-state index is -1.66. The maximum absolute atomic E-state index is 6.08. The Labute approximate surface area is 146 Å². The molecule has 4 heteroatoms. The Balaban J connectivity index is 4.27. The molecule has 0 aromatic rings. The van der Waals surface area contributed by atoms with Crippen LogP contribution >= 0.6 is 0 Å². The number of hydrogen-bond acceptors (Lipinski definition) is 2. The van der Waals surface area contributed by atoms with Gasteiger partial charge in [0.15, 0.2) is 16.6 Å². The van der Waals surface area contributed by atoms with Gasteiger partial charge in [-0.15, -0.1) is 5.73 Å². The van der Waals surface area contributed by atoms with Crippen LogP contribution in [0.2, 0.25) is 36.3 Å². The van der Waals surface area contributed by atoms with Gasteiger partial charge in [0.2, 0.25) is 0 Å². The maximum Gasteiger partial charge on any atom is 0.193 e. The van der Waals surface area contributed by atoms with Gasteiger partial charge in [0.1, 0.15) is 0 Å². The quantitative estimate of drug-likeness (QED) is 0.315. The van der Waals surface area contributed by atoms with Crippen LogP contribution in [0.3, 0.4) is 0 Å². The molecule has 0 unspecified atom stereocenters. The zero-order valence-corrected chi connectivity index (χ0v) is 18.5. The number of rotatable bonds is 8. The van der Waals surface area contributed by atoms with Gasteiger partial charge in [0.25, 0.3) is 0 Å². The van der Waals surface area contributed by atoms with E-state index >= 15 is 0 Å². The summed E-state index contributed by atoms with van der Waals surface area (Å²) in [6, 6.07) is 3.51. The van der Waals surface area contributed by atoms with Crippen molar-refractivity contribution in [1.29, 1.82) is 0 Å². The lowest BCUT2D eigenvalue weighted by Crippen LogP contribution is -2.40. The molecule has 0 aliphatic rings. The molecule has 0 spiro atoms. The molecule has 0 atom stereocenters. The summed E-state index contributed by atoms with van der Waals surface area (Å²) in [7, 11) is -3.15. The monoisotopic (exact) mass is 352 g/mol. The molecule has 0 N–H and O–H groups in total. The van der Waals surface area contributed by atoms with E-state index < -0.39 is 16.6 Å². The first-order chi connectivity index (χ1) is 10.6. The Morgan fingerprint density at radius 3 is 2.00 bits per heavy atom. The molecule has 0 aromatic carbocycles. The van der Waals surface area contributed by atoms with Crippen molar-refractivity contribution < 1.29 is 8.85 Å². The Bertz CT molecular complexity index is 446. The molecule has 23 heavy (non-hydrogen) atoms. The largest absolute Gasteiger partial charge is 0.413 e. The van der Waals surface area contributed by atoms with Gasteiger partial charge in [-0.2, -0.15) is 0 Å². The van der Waals surface area contributed by atoms with Crippen molar-refractivity contribution in [3.05, 3.63) is 17.9 Å². The summed E-state index contributed by atoms with van der Waals surface area (Å²) in [5.74, 6) is 6.06. The molecular weight excluding hydrogens is 316 g/mol. The molecule has 0 aliphatic heterocycles. The summed E-state index contributed by atoms with van der Waals surface area (Å²) < 4.78 is 12.1. The van der Waals surface area contributed by atoms with Crippen LogP contribution in [0.1, 0.15) is 41.5 Å². The molecule has 0 saturated heterocycles. The predicted octanol–water partition coefficient (Wildman–Crippen LogP) is 5.74. The molecule has 0 fully saturated rings. The Hall–Kier alpha value is -0.566. The van der Waals surface area contributed by atoms with Crippen molar-refractivity contribution in [3.63, 3.8) is 0 Å². The topological polar surface area (TPSA) is 18.5 Å². The smallest absolute Gasteiger partial charge is 0.193 e. The second-order valence-corrected chi connectivity index (χ2v) is 17.0. The number of hydrogen-bond donors (Lipinski definition) is 0. The van der Waals surface area contributed by atoms with Crippen LogP contribution in [0.4, 0.5) is 0 Å². The van der Waals surface area contributed by atoms with Crippen LogP contribution in [0, 0.1) is 11.8 Å². The molecule has 0 heterocycles. The highest BCUT2D eigenvalue weighted by atomic mass is 28.4. The van der Waals surface area contributed by atoms with Crippen LogP contribution in [0.15, 0.2) is 17.9 Å². The first-order valence-corrected chi connectivity index (χ1v) is 14.2. The van der Waals surface area contributed by atoms with Crippen molar-refractivity contribution in [3.8, 4) is 11.8 Å². The zero-order valence-electron chi connectivity index (χ0n) is 16.5. The highest BCUT2D eigenvalue weighted by molar-refractivity contribution is 6.74. The highest BCUT2D eigenvalue weighted by Crippen LogP contribution is 2.36. The van der Waals surface area contributed by atoms with E-state index in [2.05, 4.69) is 72.2 Å². The van der Waals surface area contributed by atoms with Gasteiger partial charge in [0.05, 0.1) is 13.2 Å². The molecule has 0 bridgehead atoms. The van der Waals surface area contributed by atoms with Crippen LogP contribution in [0.25, 0.3) is 0 Å². The summed E-state index contributed by atoms with van der Waals surface area (Å²) >= 11 is 0. The van der Waals surface area contributed by atoms with Gasteiger partial charge in [-0.3, -0.25) is 0 Å². The summed E-state index contributed by atoms with van der Waals surface area (Å²) in [4.78, 5) is 0. The van der Waals surface area contributed by atoms with Crippen molar-refractivity contribution in [1.82, 2.24) is 0 Å². The normalized spacial score (nSPS) is 12.2. The fourth-order valence-electron chi connectivity index (χ4n) is 1.95. The lowest BCUT2D eigenvalue weighted by atomic mass is 10.2.